The SMILES string of the molecule is CCOC(=O)C[C@@H]1CN(S(=O)(=O)c2ccc(C)cc2)[C@H](c2ccccc2OC)[C@H]1C=O. The Balaban J connectivity index is 2.10. The first-order valence-corrected chi connectivity index (χ1v) is 11.6. The topological polar surface area (TPSA) is 90.0 Å². The second-order valence-electron chi connectivity index (χ2n) is 7.56. The van der Waals surface area contributed by atoms with Crippen molar-refractivity contribution in [2.45, 2.75) is 31.2 Å². The first kappa shape index (κ1) is 23.0. The van der Waals surface area contributed by atoms with Gasteiger partial charge in [0, 0.05) is 18.0 Å². The number of carbonyl (C=O) groups is 2. The fourth-order valence-electron chi connectivity index (χ4n) is 4.10. The van der Waals surface area contributed by atoms with Gasteiger partial charge in [0.05, 0.1) is 31.1 Å². The molecule has 0 aromatic heterocycles. The molecule has 3 rings (SSSR count). The number of rotatable bonds is 8. The number of ether oxygens (including phenoxy) is 2. The van der Waals surface area contributed by atoms with E-state index in [4.69, 9.17) is 9.47 Å². The lowest BCUT2D eigenvalue weighted by atomic mass is 9.86. The first-order valence-electron chi connectivity index (χ1n) is 10.2. The zero-order chi connectivity index (χ0) is 22.6. The number of aryl methyl sites for hydroxylation is 1. The van der Waals surface area contributed by atoms with Gasteiger partial charge in [-0.25, -0.2) is 8.42 Å². The maximum Gasteiger partial charge on any atom is 0.306 e. The van der Waals surface area contributed by atoms with Gasteiger partial charge in [0.2, 0.25) is 10.0 Å². The number of aldehydes is 1. The molecule has 0 saturated carbocycles. The molecule has 166 valence electrons. The lowest BCUT2D eigenvalue weighted by molar-refractivity contribution is -0.144. The van der Waals surface area contributed by atoms with Crippen LogP contribution < -0.4 is 4.74 Å². The van der Waals surface area contributed by atoms with Crippen LogP contribution in [-0.4, -0.2) is 45.2 Å². The van der Waals surface area contributed by atoms with E-state index in [0.29, 0.717) is 11.3 Å². The smallest absolute Gasteiger partial charge is 0.306 e. The molecule has 8 heteroatoms. The van der Waals surface area contributed by atoms with E-state index in [2.05, 4.69) is 0 Å². The minimum atomic E-state index is -3.93. The fraction of sp³-hybridized carbons (Fsp3) is 0.391. The van der Waals surface area contributed by atoms with E-state index in [9.17, 15) is 18.0 Å². The molecule has 1 aliphatic rings. The van der Waals surface area contributed by atoms with E-state index in [0.717, 1.165) is 11.8 Å². The Morgan fingerprint density at radius 2 is 1.84 bits per heavy atom. The summed E-state index contributed by atoms with van der Waals surface area (Å²) in [4.78, 5) is 24.5. The average Bonchev–Trinajstić information content (AvgIpc) is 3.12. The molecule has 1 saturated heterocycles. The molecular formula is C23H27NO6S. The van der Waals surface area contributed by atoms with Gasteiger partial charge in [-0.2, -0.15) is 4.31 Å². The lowest BCUT2D eigenvalue weighted by Gasteiger charge is -2.27. The van der Waals surface area contributed by atoms with Crippen LogP contribution >= 0.6 is 0 Å². The standard InChI is InChI=1S/C23H27NO6S/c1-4-30-22(26)13-17-14-24(31(27,28)18-11-9-16(2)10-12-18)23(20(17)15-25)19-7-5-6-8-21(19)29-3/h5-12,15,17,20,23H,4,13-14H2,1-3H3/t17-,20+,23-/m1/s1. The van der Waals surface area contributed by atoms with Gasteiger partial charge in [-0.1, -0.05) is 35.9 Å². The molecule has 1 aliphatic heterocycles. The lowest BCUT2D eigenvalue weighted by Crippen LogP contribution is -2.32. The van der Waals surface area contributed by atoms with Gasteiger partial charge in [0.1, 0.15) is 12.0 Å². The molecular weight excluding hydrogens is 418 g/mol. The minimum absolute atomic E-state index is 0.0289. The van der Waals surface area contributed by atoms with Crippen LogP contribution in [0.15, 0.2) is 53.4 Å². The highest BCUT2D eigenvalue weighted by molar-refractivity contribution is 7.89. The zero-order valence-electron chi connectivity index (χ0n) is 17.9. The first-order chi connectivity index (χ1) is 14.8. The van der Waals surface area contributed by atoms with Gasteiger partial charge >= 0.3 is 5.97 Å². The molecule has 31 heavy (non-hydrogen) atoms. The monoisotopic (exact) mass is 445 g/mol. The van der Waals surface area contributed by atoms with E-state index < -0.39 is 33.9 Å². The summed E-state index contributed by atoms with van der Waals surface area (Å²) in [6, 6.07) is 12.8. The normalized spacial score (nSPS) is 21.6. The molecule has 1 heterocycles. The third-order valence-electron chi connectivity index (χ3n) is 5.61. The Hall–Kier alpha value is -2.71. The Labute approximate surface area is 183 Å². The van der Waals surface area contributed by atoms with Crippen LogP contribution in [0.25, 0.3) is 0 Å². The fourth-order valence-corrected chi connectivity index (χ4v) is 5.79. The van der Waals surface area contributed by atoms with Gasteiger partial charge in [-0.15, -0.1) is 0 Å². The molecule has 1 fully saturated rings. The number of esters is 1. The predicted molar refractivity (Wildman–Crippen MR) is 115 cm³/mol. The van der Waals surface area contributed by atoms with Gasteiger partial charge < -0.3 is 14.3 Å². The molecule has 7 nitrogen and oxygen atoms in total. The summed E-state index contributed by atoms with van der Waals surface area (Å²) in [7, 11) is -2.44. The maximum absolute atomic E-state index is 13.6. The van der Waals surface area contributed by atoms with Crippen LogP contribution in [0.5, 0.6) is 5.75 Å². The molecule has 0 spiro atoms. The third-order valence-corrected chi connectivity index (χ3v) is 7.47. The number of sulfonamides is 1. The van der Waals surface area contributed by atoms with Crippen LogP contribution in [0.3, 0.4) is 0 Å². The number of benzene rings is 2. The Bertz CT molecular complexity index is 1030. The summed E-state index contributed by atoms with van der Waals surface area (Å²) >= 11 is 0. The summed E-state index contributed by atoms with van der Waals surface area (Å²) in [5.74, 6) is -1.19. The van der Waals surface area contributed by atoms with Gasteiger partial charge in [-0.05, 0) is 38.0 Å². The summed E-state index contributed by atoms with van der Waals surface area (Å²) in [6.07, 6.45) is 0.703. The van der Waals surface area contributed by atoms with Crippen LogP contribution in [0.1, 0.15) is 30.5 Å². The summed E-state index contributed by atoms with van der Waals surface area (Å²) in [6.45, 7) is 3.83. The van der Waals surface area contributed by atoms with Crippen molar-refractivity contribution in [2.75, 3.05) is 20.3 Å². The van der Waals surface area contributed by atoms with Gasteiger partial charge in [0.25, 0.3) is 0 Å². The van der Waals surface area contributed by atoms with Crippen molar-refractivity contribution >= 4 is 22.3 Å². The van der Waals surface area contributed by atoms with Crippen molar-refractivity contribution in [3.63, 3.8) is 0 Å². The number of hydrogen-bond acceptors (Lipinski definition) is 6. The molecule has 2 aromatic rings. The van der Waals surface area contributed by atoms with Crippen molar-refractivity contribution in [2.24, 2.45) is 11.8 Å². The number of para-hydroxylation sites is 1. The van der Waals surface area contributed by atoms with Crippen molar-refractivity contribution in [1.82, 2.24) is 4.31 Å². The Kier molecular flexibility index (Phi) is 7.12. The molecule has 0 unspecified atom stereocenters. The van der Waals surface area contributed by atoms with Crippen LogP contribution in [0.2, 0.25) is 0 Å². The highest BCUT2D eigenvalue weighted by Crippen LogP contribution is 2.46. The van der Waals surface area contributed by atoms with E-state index in [-0.39, 0.29) is 24.5 Å². The second-order valence-corrected chi connectivity index (χ2v) is 9.45. The van der Waals surface area contributed by atoms with E-state index in [1.165, 1.54) is 11.4 Å². The predicted octanol–water partition coefficient (Wildman–Crippen LogP) is 3.13. The molecule has 0 radical (unpaired) electrons. The summed E-state index contributed by atoms with van der Waals surface area (Å²) in [5.41, 5.74) is 1.52. The number of hydrogen-bond donors (Lipinski definition) is 0. The summed E-state index contributed by atoms with van der Waals surface area (Å²) < 4.78 is 39.0. The zero-order valence-corrected chi connectivity index (χ0v) is 18.7. The molecule has 2 aromatic carbocycles. The van der Waals surface area contributed by atoms with E-state index >= 15 is 0 Å². The third kappa shape index (κ3) is 4.65. The van der Waals surface area contributed by atoms with Crippen molar-refractivity contribution in [3.8, 4) is 5.75 Å². The second kappa shape index (κ2) is 9.62. The van der Waals surface area contributed by atoms with Crippen molar-refractivity contribution in [1.29, 1.82) is 0 Å². The highest BCUT2D eigenvalue weighted by atomic mass is 32.2. The summed E-state index contributed by atoms with van der Waals surface area (Å²) in [5, 5.41) is 0. The van der Waals surface area contributed by atoms with Crippen LogP contribution in [0.4, 0.5) is 0 Å². The van der Waals surface area contributed by atoms with Crippen molar-refractivity contribution < 1.29 is 27.5 Å². The van der Waals surface area contributed by atoms with Crippen LogP contribution in [0, 0.1) is 18.8 Å². The average molecular weight is 446 g/mol. The molecule has 0 N–H and O–H groups in total. The van der Waals surface area contributed by atoms with E-state index in [1.54, 1.807) is 55.5 Å². The Morgan fingerprint density at radius 1 is 1.16 bits per heavy atom. The molecule has 0 amide bonds. The number of nitrogens with zero attached hydrogens (tertiary/aromatic N) is 1. The highest BCUT2D eigenvalue weighted by Gasteiger charge is 2.49. The number of carbonyl (C=O) groups excluding carboxylic acids is 2. The molecule has 3 atom stereocenters. The van der Waals surface area contributed by atoms with E-state index in [1.807, 2.05) is 6.92 Å². The largest absolute Gasteiger partial charge is 0.496 e. The van der Waals surface area contributed by atoms with Gasteiger partial charge in [0.15, 0.2) is 0 Å². The van der Waals surface area contributed by atoms with Gasteiger partial charge in [-0.3, -0.25) is 4.79 Å². The quantitative estimate of drug-likeness (QED) is 0.458. The maximum atomic E-state index is 13.6. The van der Waals surface area contributed by atoms with Crippen molar-refractivity contribution in [3.05, 3.63) is 59.7 Å². The molecule has 0 aliphatic carbocycles. The minimum Gasteiger partial charge on any atom is -0.496 e. The molecule has 0 bridgehead atoms. The van der Waals surface area contributed by atoms with Crippen LogP contribution in [-0.2, 0) is 24.3 Å². The number of methoxy groups -OCH3 is 1. The Morgan fingerprint density at radius 3 is 2.45 bits per heavy atom.